The van der Waals surface area contributed by atoms with Crippen molar-refractivity contribution >= 4 is 0 Å². The second kappa shape index (κ2) is 7.75. The van der Waals surface area contributed by atoms with Crippen molar-refractivity contribution in [3.05, 3.63) is 95.7 Å². The highest BCUT2D eigenvalue weighted by Crippen LogP contribution is 2.35. The van der Waals surface area contributed by atoms with E-state index in [-0.39, 0.29) is 0 Å². The third-order valence-corrected chi connectivity index (χ3v) is 5.00. The van der Waals surface area contributed by atoms with Crippen LogP contribution in [0, 0.1) is 13.8 Å². The summed E-state index contributed by atoms with van der Waals surface area (Å²) >= 11 is 0. The van der Waals surface area contributed by atoms with E-state index in [1.807, 2.05) is 68.4 Å². The Bertz CT molecular complexity index is 1180. The Labute approximate surface area is 173 Å². The Hall–Kier alpha value is -3.47. The summed E-state index contributed by atoms with van der Waals surface area (Å²) in [4.78, 5) is 9.72. The number of benzene rings is 3. The first-order valence-corrected chi connectivity index (χ1v) is 9.52. The average molecular weight is 404 g/mol. The fourth-order valence-corrected chi connectivity index (χ4v) is 3.43. The summed E-state index contributed by atoms with van der Waals surface area (Å²) in [5, 5.41) is 0. The summed E-state index contributed by atoms with van der Waals surface area (Å²) in [6, 6.07) is 22.7. The number of nitrogens with zero attached hydrogens (tertiary/aromatic N) is 2. The number of alkyl halides is 3. The van der Waals surface area contributed by atoms with Gasteiger partial charge in [0, 0.05) is 16.7 Å². The number of rotatable bonds is 3. The molecule has 5 heteroatoms. The van der Waals surface area contributed by atoms with Crippen LogP contribution in [0.2, 0.25) is 0 Å². The maximum Gasteiger partial charge on any atom is 0.416 e. The second-order valence-electron chi connectivity index (χ2n) is 7.11. The molecule has 0 saturated heterocycles. The Morgan fingerprint density at radius 1 is 0.600 bits per heavy atom. The molecule has 3 aromatic carbocycles. The van der Waals surface area contributed by atoms with Gasteiger partial charge in [0.2, 0.25) is 0 Å². The molecule has 2 nitrogen and oxygen atoms in total. The zero-order valence-electron chi connectivity index (χ0n) is 16.5. The predicted octanol–water partition coefficient (Wildman–Crippen LogP) is 7.11. The summed E-state index contributed by atoms with van der Waals surface area (Å²) < 4.78 is 38.8. The van der Waals surface area contributed by atoms with Crippen LogP contribution in [0.5, 0.6) is 0 Å². The Kier molecular flexibility index (Phi) is 5.12. The Morgan fingerprint density at radius 3 is 1.83 bits per heavy atom. The first-order chi connectivity index (χ1) is 14.3. The van der Waals surface area contributed by atoms with Crippen LogP contribution in [0.3, 0.4) is 0 Å². The Balaban J connectivity index is 1.91. The van der Waals surface area contributed by atoms with E-state index in [0.29, 0.717) is 22.6 Å². The summed E-state index contributed by atoms with van der Waals surface area (Å²) in [6.07, 6.45) is -4.37. The molecule has 0 saturated carbocycles. The smallest absolute Gasteiger partial charge is 0.249 e. The second-order valence-corrected chi connectivity index (χ2v) is 7.11. The summed E-state index contributed by atoms with van der Waals surface area (Å²) in [6.45, 7) is 3.85. The lowest BCUT2D eigenvalue weighted by Crippen LogP contribution is -2.05. The molecule has 150 valence electrons. The van der Waals surface area contributed by atoms with Gasteiger partial charge in [0.25, 0.3) is 0 Å². The van der Waals surface area contributed by atoms with Gasteiger partial charge in [-0.1, -0.05) is 66.7 Å². The highest BCUT2D eigenvalue weighted by Gasteiger charge is 2.30. The topological polar surface area (TPSA) is 25.8 Å². The van der Waals surface area contributed by atoms with Crippen LogP contribution in [0.15, 0.2) is 78.9 Å². The molecule has 1 aromatic heterocycles. The van der Waals surface area contributed by atoms with Gasteiger partial charge in [-0.3, -0.25) is 0 Å². The zero-order chi connectivity index (χ0) is 21.3. The molecule has 0 amide bonds. The molecule has 0 aliphatic carbocycles. The van der Waals surface area contributed by atoms with Gasteiger partial charge in [-0.05, 0) is 31.5 Å². The minimum atomic E-state index is -4.37. The number of aromatic nitrogens is 2. The van der Waals surface area contributed by atoms with Gasteiger partial charge < -0.3 is 0 Å². The maximum atomic E-state index is 12.9. The van der Waals surface area contributed by atoms with Crippen LogP contribution in [-0.4, -0.2) is 9.97 Å². The van der Waals surface area contributed by atoms with Crippen LogP contribution in [-0.2, 0) is 6.18 Å². The van der Waals surface area contributed by atoms with E-state index in [1.165, 1.54) is 12.1 Å². The normalized spacial score (nSPS) is 11.5. The van der Waals surface area contributed by atoms with Crippen molar-refractivity contribution in [2.24, 2.45) is 0 Å². The predicted molar refractivity (Wildman–Crippen MR) is 113 cm³/mol. The lowest BCUT2D eigenvalue weighted by molar-refractivity contribution is -0.137. The molecule has 4 rings (SSSR count). The van der Waals surface area contributed by atoms with Crippen LogP contribution < -0.4 is 0 Å². The van der Waals surface area contributed by atoms with Crippen molar-refractivity contribution < 1.29 is 13.2 Å². The van der Waals surface area contributed by atoms with E-state index < -0.39 is 11.7 Å². The van der Waals surface area contributed by atoms with Crippen molar-refractivity contribution in [1.82, 2.24) is 9.97 Å². The summed E-state index contributed by atoms with van der Waals surface area (Å²) in [7, 11) is 0. The van der Waals surface area contributed by atoms with Gasteiger partial charge in [-0.25, -0.2) is 9.97 Å². The van der Waals surface area contributed by atoms with Crippen molar-refractivity contribution in [2.75, 3.05) is 0 Å². The van der Waals surface area contributed by atoms with Crippen molar-refractivity contribution in [3.8, 4) is 33.8 Å². The summed E-state index contributed by atoms with van der Waals surface area (Å²) in [5.41, 5.74) is 5.55. The van der Waals surface area contributed by atoms with E-state index >= 15 is 0 Å². The van der Waals surface area contributed by atoms with Crippen molar-refractivity contribution in [2.45, 2.75) is 20.0 Å². The van der Waals surface area contributed by atoms with E-state index in [2.05, 4.69) is 0 Å². The molecular weight excluding hydrogens is 385 g/mol. The molecule has 0 bridgehead atoms. The molecular formula is C25H19F3N2. The highest BCUT2D eigenvalue weighted by atomic mass is 19.4. The van der Waals surface area contributed by atoms with Crippen LogP contribution >= 0.6 is 0 Å². The summed E-state index contributed by atoms with van der Waals surface area (Å²) in [5.74, 6) is 0. The lowest BCUT2D eigenvalue weighted by Gasteiger charge is -2.15. The van der Waals surface area contributed by atoms with E-state index in [4.69, 9.17) is 9.97 Å². The molecule has 0 aliphatic heterocycles. The minimum Gasteiger partial charge on any atom is -0.249 e. The monoisotopic (exact) mass is 404 g/mol. The van der Waals surface area contributed by atoms with Crippen LogP contribution in [0.25, 0.3) is 33.8 Å². The fraction of sp³-hybridized carbons (Fsp3) is 0.120. The number of halogens is 3. The van der Waals surface area contributed by atoms with Crippen LogP contribution in [0.1, 0.15) is 16.8 Å². The lowest BCUT2D eigenvalue weighted by atomic mass is 9.99. The Morgan fingerprint density at radius 2 is 1.20 bits per heavy atom. The number of hydrogen-bond donors (Lipinski definition) is 0. The first-order valence-electron chi connectivity index (χ1n) is 9.52. The number of aryl methyl sites for hydroxylation is 2. The molecule has 1 heterocycles. The van der Waals surface area contributed by atoms with Gasteiger partial charge in [-0.2, -0.15) is 13.2 Å². The molecule has 0 spiro atoms. The van der Waals surface area contributed by atoms with Gasteiger partial charge in [0.15, 0.2) is 0 Å². The molecule has 0 unspecified atom stereocenters. The maximum absolute atomic E-state index is 12.9. The third kappa shape index (κ3) is 3.83. The van der Waals surface area contributed by atoms with E-state index in [0.717, 1.165) is 34.5 Å². The molecule has 0 aliphatic rings. The van der Waals surface area contributed by atoms with Crippen molar-refractivity contribution in [1.29, 1.82) is 0 Å². The standard InChI is InChI=1S/C25H19F3N2/c1-16-8-6-7-11-21(16)24-23(18-9-4-3-5-10-18)30-22(17(2)29-24)19-12-14-20(15-13-19)25(26,27)28/h3-15H,1-2H3. The quantitative estimate of drug-likeness (QED) is 0.363. The number of hydrogen-bond acceptors (Lipinski definition) is 2. The van der Waals surface area contributed by atoms with Crippen molar-refractivity contribution in [3.63, 3.8) is 0 Å². The zero-order valence-corrected chi connectivity index (χ0v) is 16.5. The third-order valence-electron chi connectivity index (χ3n) is 5.00. The van der Waals surface area contributed by atoms with E-state index in [9.17, 15) is 13.2 Å². The average Bonchev–Trinajstić information content (AvgIpc) is 2.74. The molecule has 30 heavy (non-hydrogen) atoms. The largest absolute Gasteiger partial charge is 0.416 e. The van der Waals surface area contributed by atoms with E-state index in [1.54, 1.807) is 0 Å². The SMILES string of the molecule is Cc1ccccc1-c1nc(C)c(-c2ccc(C(F)(F)F)cc2)nc1-c1ccccc1. The molecule has 0 atom stereocenters. The van der Waals surface area contributed by atoms with Gasteiger partial charge in [0.1, 0.15) is 0 Å². The molecule has 0 N–H and O–H groups in total. The van der Waals surface area contributed by atoms with Gasteiger partial charge in [0.05, 0.1) is 28.3 Å². The van der Waals surface area contributed by atoms with Gasteiger partial charge >= 0.3 is 6.18 Å². The minimum absolute atomic E-state index is 0.569. The van der Waals surface area contributed by atoms with Gasteiger partial charge in [-0.15, -0.1) is 0 Å². The van der Waals surface area contributed by atoms with Crippen LogP contribution in [0.4, 0.5) is 13.2 Å². The highest BCUT2D eigenvalue weighted by molar-refractivity contribution is 5.81. The fourth-order valence-electron chi connectivity index (χ4n) is 3.43. The molecule has 4 aromatic rings. The molecule has 0 fully saturated rings. The molecule has 0 radical (unpaired) electrons. The first kappa shape index (κ1) is 19.8.